The van der Waals surface area contributed by atoms with Crippen molar-refractivity contribution in [3.63, 3.8) is 0 Å². The number of aromatic nitrogens is 3. The van der Waals surface area contributed by atoms with E-state index in [9.17, 15) is 8.42 Å². The first-order chi connectivity index (χ1) is 15.3. The zero-order chi connectivity index (χ0) is 22.7. The molecule has 0 aliphatic heterocycles. The average Bonchev–Trinajstić information content (AvgIpc) is 3.42. The van der Waals surface area contributed by atoms with Crippen molar-refractivity contribution in [3.05, 3.63) is 99.0 Å². The first kappa shape index (κ1) is 22.2. The van der Waals surface area contributed by atoms with Gasteiger partial charge in [-0.15, -0.1) is 11.3 Å². The third-order valence-electron chi connectivity index (χ3n) is 5.53. The van der Waals surface area contributed by atoms with E-state index in [1.165, 1.54) is 22.5 Å². The van der Waals surface area contributed by atoms with Crippen molar-refractivity contribution >= 4 is 27.0 Å². The van der Waals surface area contributed by atoms with Gasteiger partial charge in [-0.2, -0.15) is 0 Å². The molecule has 4 rings (SSSR count). The fourth-order valence-corrected chi connectivity index (χ4v) is 5.74. The average molecular weight is 467 g/mol. The van der Waals surface area contributed by atoms with Crippen molar-refractivity contribution in [2.75, 3.05) is 10.5 Å². The highest BCUT2D eigenvalue weighted by molar-refractivity contribution is 7.92. The van der Waals surface area contributed by atoms with Gasteiger partial charge >= 0.3 is 0 Å². The summed E-state index contributed by atoms with van der Waals surface area (Å²) in [7, 11) is -3.50. The molecule has 0 radical (unpaired) electrons. The van der Waals surface area contributed by atoms with Crippen LogP contribution in [0.25, 0.3) is 0 Å². The number of aromatic amines is 1. The quantitative estimate of drug-likeness (QED) is 0.384. The summed E-state index contributed by atoms with van der Waals surface area (Å²) in [6.45, 7) is 6.11. The molecular formula is C24H26N4O2S2. The van der Waals surface area contributed by atoms with Crippen LogP contribution in [0.5, 0.6) is 0 Å². The van der Waals surface area contributed by atoms with Crippen molar-refractivity contribution in [1.29, 1.82) is 0 Å². The summed E-state index contributed by atoms with van der Waals surface area (Å²) in [6.07, 6.45) is 3.88. The Hall–Kier alpha value is -2.97. The van der Waals surface area contributed by atoms with E-state index in [2.05, 4.69) is 45.7 Å². The molecule has 2 aromatic heterocycles. The van der Waals surface area contributed by atoms with E-state index in [1.807, 2.05) is 42.8 Å². The SMILES string of the molecule is Cc1csc(CCS(=O)(=O)Nc2cccc(C(c3cnc[nH]3)c3cccc(C)c3C)c2)n1. The fourth-order valence-electron chi connectivity index (χ4n) is 3.79. The van der Waals surface area contributed by atoms with Gasteiger partial charge in [0, 0.05) is 35.1 Å². The molecule has 4 aromatic rings. The second kappa shape index (κ2) is 9.26. The molecule has 166 valence electrons. The number of H-pyrrole nitrogens is 1. The highest BCUT2D eigenvalue weighted by atomic mass is 32.2. The minimum absolute atomic E-state index is 0.00878. The van der Waals surface area contributed by atoms with Crippen LogP contribution in [0.2, 0.25) is 0 Å². The van der Waals surface area contributed by atoms with Gasteiger partial charge in [0.05, 0.1) is 23.0 Å². The highest BCUT2D eigenvalue weighted by Gasteiger charge is 2.21. The number of hydrogen-bond acceptors (Lipinski definition) is 5. The Balaban J connectivity index is 1.62. The Morgan fingerprint density at radius 1 is 1.12 bits per heavy atom. The van der Waals surface area contributed by atoms with Crippen molar-refractivity contribution in [2.45, 2.75) is 33.1 Å². The second-order valence-electron chi connectivity index (χ2n) is 7.91. The van der Waals surface area contributed by atoms with Crippen LogP contribution >= 0.6 is 11.3 Å². The number of anilines is 1. The van der Waals surface area contributed by atoms with E-state index in [0.717, 1.165) is 27.5 Å². The monoisotopic (exact) mass is 466 g/mol. The Labute approximate surface area is 192 Å². The van der Waals surface area contributed by atoms with Gasteiger partial charge in [0.25, 0.3) is 0 Å². The molecule has 2 aromatic carbocycles. The molecule has 0 aliphatic carbocycles. The van der Waals surface area contributed by atoms with Crippen molar-refractivity contribution < 1.29 is 8.42 Å². The standard InChI is InChI=1S/C24H26N4O2S2/c1-16-6-4-9-21(18(16)3)24(22-13-25-15-26-22)19-7-5-8-20(12-19)28-32(29,30)11-10-23-27-17(2)14-31-23/h4-9,12-15,24,28H,10-11H2,1-3H3,(H,25,26). The summed E-state index contributed by atoms with van der Waals surface area (Å²) in [4.78, 5) is 11.8. The maximum Gasteiger partial charge on any atom is 0.233 e. The van der Waals surface area contributed by atoms with Gasteiger partial charge in [-0.3, -0.25) is 4.72 Å². The lowest BCUT2D eigenvalue weighted by Gasteiger charge is -2.21. The van der Waals surface area contributed by atoms with Crippen molar-refractivity contribution in [2.24, 2.45) is 0 Å². The fraction of sp³-hybridized carbons (Fsp3) is 0.250. The second-order valence-corrected chi connectivity index (χ2v) is 10.7. The molecule has 0 spiro atoms. The number of rotatable bonds is 8. The molecule has 2 N–H and O–H groups in total. The van der Waals surface area contributed by atoms with E-state index in [1.54, 1.807) is 12.4 Å². The van der Waals surface area contributed by atoms with E-state index in [4.69, 9.17) is 0 Å². The number of hydrogen-bond donors (Lipinski definition) is 2. The summed E-state index contributed by atoms with van der Waals surface area (Å²) in [5, 5.41) is 2.76. The zero-order valence-corrected chi connectivity index (χ0v) is 19.9. The van der Waals surface area contributed by atoms with Crippen molar-refractivity contribution in [1.82, 2.24) is 15.0 Å². The topological polar surface area (TPSA) is 87.7 Å². The lowest BCUT2D eigenvalue weighted by atomic mass is 9.85. The third kappa shape index (κ3) is 5.08. The third-order valence-corrected chi connectivity index (χ3v) is 7.85. The molecule has 0 fully saturated rings. The number of nitrogens with zero attached hydrogens (tertiary/aromatic N) is 2. The number of benzene rings is 2. The maximum absolute atomic E-state index is 12.7. The minimum atomic E-state index is -3.50. The molecule has 0 amide bonds. The maximum atomic E-state index is 12.7. The summed E-state index contributed by atoms with van der Waals surface area (Å²) in [5.74, 6) is -0.0920. The minimum Gasteiger partial charge on any atom is -0.348 e. The van der Waals surface area contributed by atoms with Crippen LogP contribution < -0.4 is 4.72 Å². The lowest BCUT2D eigenvalue weighted by molar-refractivity contribution is 0.600. The highest BCUT2D eigenvalue weighted by Crippen LogP contribution is 2.34. The molecule has 6 nitrogen and oxygen atoms in total. The molecule has 32 heavy (non-hydrogen) atoms. The number of thiazole rings is 1. The summed E-state index contributed by atoms with van der Waals surface area (Å²) < 4.78 is 28.2. The summed E-state index contributed by atoms with van der Waals surface area (Å²) in [5.41, 5.74) is 6.98. The van der Waals surface area contributed by atoms with Crippen LogP contribution in [-0.2, 0) is 16.4 Å². The lowest BCUT2D eigenvalue weighted by Crippen LogP contribution is -2.18. The van der Waals surface area contributed by atoms with Gasteiger partial charge in [0.15, 0.2) is 0 Å². The first-order valence-electron chi connectivity index (χ1n) is 10.4. The predicted molar refractivity (Wildman–Crippen MR) is 130 cm³/mol. The van der Waals surface area contributed by atoms with Gasteiger partial charge in [-0.25, -0.2) is 18.4 Å². The van der Waals surface area contributed by atoms with Crippen LogP contribution in [0, 0.1) is 20.8 Å². The molecule has 0 saturated carbocycles. The molecular weight excluding hydrogens is 440 g/mol. The predicted octanol–water partition coefficient (Wildman–Crippen LogP) is 4.96. The Bertz CT molecular complexity index is 1310. The van der Waals surface area contributed by atoms with Crippen molar-refractivity contribution in [3.8, 4) is 0 Å². The Morgan fingerprint density at radius 2 is 1.94 bits per heavy atom. The number of sulfonamides is 1. The van der Waals surface area contributed by atoms with E-state index >= 15 is 0 Å². The van der Waals surface area contributed by atoms with Gasteiger partial charge in [-0.1, -0.05) is 30.3 Å². The number of nitrogens with one attached hydrogen (secondary N) is 2. The number of imidazole rings is 1. The van der Waals surface area contributed by atoms with Crippen LogP contribution in [0.4, 0.5) is 5.69 Å². The molecule has 8 heteroatoms. The molecule has 1 atom stereocenters. The molecule has 0 aliphatic rings. The van der Waals surface area contributed by atoms with Crippen LogP contribution in [0.1, 0.15) is 44.6 Å². The van der Waals surface area contributed by atoms with Crippen LogP contribution in [0.3, 0.4) is 0 Å². The van der Waals surface area contributed by atoms with E-state index < -0.39 is 10.0 Å². The normalized spacial score (nSPS) is 12.6. The van der Waals surface area contributed by atoms with E-state index in [0.29, 0.717) is 12.1 Å². The molecule has 2 heterocycles. The summed E-state index contributed by atoms with van der Waals surface area (Å²) in [6, 6.07) is 13.8. The largest absolute Gasteiger partial charge is 0.348 e. The molecule has 1 unspecified atom stereocenters. The zero-order valence-electron chi connectivity index (χ0n) is 18.3. The smallest absolute Gasteiger partial charge is 0.233 e. The van der Waals surface area contributed by atoms with Gasteiger partial charge in [0.2, 0.25) is 10.0 Å². The first-order valence-corrected chi connectivity index (χ1v) is 12.9. The number of aryl methyl sites for hydroxylation is 3. The Kier molecular flexibility index (Phi) is 6.43. The van der Waals surface area contributed by atoms with Crippen LogP contribution in [0.15, 0.2) is 60.4 Å². The molecule has 0 bridgehead atoms. The van der Waals surface area contributed by atoms with Gasteiger partial charge in [0.1, 0.15) is 0 Å². The van der Waals surface area contributed by atoms with E-state index in [-0.39, 0.29) is 11.7 Å². The van der Waals surface area contributed by atoms with Gasteiger partial charge in [-0.05, 0) is 55.2 Å². The van der Waals surface area contributed by atoms with Gasteiger partial charge < -0.3 is 4.98 Å². The summed E-state index contributed by atoms with van der Waals surface area (Å²) >= 11 is 1.49. The molecule has 0 saturated heterocycles. The Morgan fingerprint density at radius 3 is 2.66 bits per heavy atom. The van der Waals surface area contributed by atoms with Crippen LogP contribution in [-0.4, -0.2) is 29.1 Å².